The summed E-state index contributed by atoms with van der Waals surface area (Å²) in [6.45, 7) is 0.923. The van der Waals surface area contributed by atoms with Gasteiger partial charge in [-0.15, -0.1) is 0 Å². The van der Waals surface area contributed by atoms with Gasteiger partial charge in [0.15, 0.2) is 0 Å². The van der Waals surface area contributed by atoms with Crippen molar-refractivity contribution in [3.05, 3.63) is 106 Å². The lowest BCUT2D eigenvalue weighted by atomic mass is 10.2. The van der Waals surface area contributed by atoms with E-state index in [-0.39, 0.29) is 7.43 Å². The summed E-state index contributed by atoms with van der Waals surface area (Å²) >= 11 is 6.90. The van der Waals surface area contributed by atoms with Crippen LogP contribution in [0.4, 0.5) is 0 Å². The predicted octanol–water partition coefficient (Wildman–Crippen LogP) is 8.02. The number of fused-ring (bicyclic) bond motifs is 2. The van der Waals surface area contributed by atoms with Crippen LogP contribution < -0.4 is 0 Å². The molecule has 0 unspecified atom stereocenters. The van der Waals surface area contributed by atoms with Crippen LogP contribution in [0, 0.1) is 0 Å². The molecule has 0 amide bonds. The molecule has 2 heterocycles. The van der Waals surface area contributed by atoms with E-state index in [0.717, 1.165) is 15.5 Å². The van der Waals surface area contributed by atoms with Crippen LogP contribution in [0.5, 0.6) is 0 Å². The highest BCUT2D eigenvalue weighted by Crippen LogP contribution is 2.21. The molecule has 5 aromatic rings. The summed E-state index contributed by atoms with van der Waals surface area (Å²) in [4.78, 5) is 3.13. The molecule has 0 aliphatic carbocycles. The van der Waals surface area contributed by atoms with Crippen molar-refractivity contribution in [2.75, 3.05) is 0 Å². The molecule has 5 rings (SSSR count). The average molecular weight is 498 g/mol. The molecule has 0 spiro atoms. The first-order valence-electron chi connectivity index (χ1n) is 8.70. The minimum Gasteiger partial charge on any atom is -0.361 e. The highest BCUT2D eigenvalue weighted by atomic mass is 79.9. The molecule has 0 fully saturated rings. The third-order valence-corrected chi connectivity index (χ3v) is 5.43. The Morgan fingerprint density at radius 1 is 0.750 bits per heavy atom. The average Bonchev–Trinajstić information content (AvgIpc) is 3.29. The highest BCUT2D eigenvalue weighted by Gasteiger charge is 2.01. The predicted molar refractivity (Wildman–Crippen MR) is 128 cm³/mol. The maximum Gasteiger partial charge on any atom is 0.0484 e. The van der Waals surface area contributed by atoms with Gasteiger partial charge in [-0.05, 0) is 54.1 Å². The fraction of sp³-hybridized carbons (Fsp3) is 0.0833. The van der Waals surface area contributed by atoms with Gasteiger partial charge in [-0.25, -0.2) is 0 Å². The van der Waals surface area contributed by atoms with Crippen LogP contribution in [0.25, 0.3) is 21.8 Å². The zero-order chi connectivity index (χ0) is 18.6. The number of benzene rings is 3. The molecule has 0 aliphatic rings. The van der Waals surface area contributed by atoms with Crippen molar-refractivity contribution in [2.45, 2.75) is 14.0 Å². The number of rotatable bonds is 2. The second kappa shape index (κ2) is 9.26. The standard InChI is InChI=1S/C15H12BrN.C8H6BrN.CH4/c16-14-6-7-15-13(10-14)8-9-17(15)11-12-4-2-1-3-5-12;9-7-1-2-8-6(5-7)3-4-10-8;/h1-10H,11H2;1-5,10H;1H4. The minimum atomic E-state index is 0. The van der Waals surface area contributed by atoms with Gasteiger partial charge in [0.1, 0.15) is 0 Å². The van der Waals surface area contributed by atoms with Crippen LogP contribution in [-0.4, -0.2) is 9.55 Å². The normalized spacial score (nSPS) is 10.4. The van der Waals surface area contributed by atoms with E-state index in [4.69, 9.17) is 0 Å². The number of aromatic amines is 1. The maximum absolute atomic E-state index is 3.50. The Bertz CT molecular complexity index is 1170. The molecule has 0 aliphatic heterocycles. The van der Waals surface area contributed by atoms with Crippen LogP contribution in [0.3, 0.4) is 0 Å². The summed E-state index contributed by atoms with van der Waals surface area (Å²) in [5.41, 5.74) is 3.79. The molecule has 0 saturated carbocycles. The third-order valence-electron chi connectivity index (χ3n) is 4.44. The Hall–Kier alpha value is -2.30. The first-order valence-corrected chi connectivity index (χ1v) is 10.3. The van der Waals surface area contributed by atoms with Crippen molar-refractivity contribution in [1.29, 1.82) is 0 Å². The zero-order valence-corrected chi connectivity index (χ0v) is 17.7. The molecule has 1 N–H and O–H groups in total. The quantitative estimate of drug-likeness (QED) is 0.255. The van der Waals surface area contributed by atoms with E-state index in [9.17, 15) is 0 Å². The van der Waals surface area contributed by atoms with E-state index in [2.05, 4.69) is 114 Å². The Morgan fingerprint density at radius 2 is 1.46 bits per heavy atom. The zero-order valence-electron chi connectivity index (χ0n) is 14.6. The number of nitrogens with one attached hydrogen (secondary N) is 1. The lowest BCUT2D eigenvalue weighted by Crippen LogP contribution is -1.96. The van der Waals surface area contributed by atoms with Crippen molar-refractivity contribution in [1.82, 2.24) is 9.55 Å². The molecule has 3 aromatic carbocycles. The Balaban J connectivity index is 0.000000175. The van der Waals surface area contributed by atoms with Gasteiger partial charge in [0.05, 0.1) is 0 Å². The molecular formula is C24H22Br2N2. The second-order valence-corrected chi connectivity index (χ2v) is 8.17. The van der Waals surface area contributed by atoms with Crippen LogP contribution >= 0.6 is 31.9 Å². The highest BCUT2D eigenvalue weighted by molar-refractivity contribution is 9.10. The summed E-state index contributed by atoms with van der Waals surface area (Å²) in [5.74, 6) is 0. The fourth-order valence-electron chi connectivity index (χ4n) is 3.11. The summed E-state index contributed by atoms with van der Waals surface area (Å²) in [7, 11) is 0. The van der Waals surface area contributed by atoms with E-state index in [1.807, 2.05) is 18.3 Å². The largest absolute Gasteiger partial charge is 0.361 e. The molecule has 28 heavy (non-hydrogen) atoms. The minimum absolute atomic E-state index is 0. The number of hydrogen-bond donors (Lipinski definition) is 1. The number of halogens is 2. The Kier molecular flexibility index (Phi) is 6.76. The van der Waals surface area contributed by atoms with Gasteiger partial charge in [0.25, 0.3) is 0 Å². The molecular weight excluding hydrogens is 476 g/mol. The monoisotopic (exact) mass is 496 g/mol. The topological polar surface area (TPSA) is 20.7 Å². The maximum atomic E-state index is 3.50. The molecule has 2 aromatic heterocycles. The van der Waals surface area contributed by atoms with Gasteiger partial charge in [-0.1, -0.05) is 69.6 Å². The molecule has 0 radical (unpaired) electrons. The van der Waals surface area contributed by atoms with Gasteiger partial charge in [-0.2, -0.15) is 0 Å². The van der Waals surface area contributed by atoms with Crippen molar-refractivity contribution >= 4 is 53.7 Å². The van der Waals surface area contributed by atoms with Gasteiger partial charge >= 0.3 is 0 Å². The lowest BCUT2D eigenvalue weighted by Gasteiger charge is -2.05. The Labute approximate surface area is 182 Å². The number of H-pyrrole nitrogens is 1. The summed E-state index contributed by atoms with van der Waals surface area (Å²) in [6.07, 6.45) is 4.08. The lowest BCUT2D eigenvalue weighted by molar-refractivity contribution is 0.837. The van der Waals surface area contributed by atoms with E-state index in [0.29, 0.717) is 0 Å². The van der Waals surface area contributed by atoms with Crippen LogP contribution in [0.2, 0.25) is 0 Å². The molecule has 142 valence electrons. The summed E-state index contributed by atoms with van der Waals surface area (Å²) in [5, 5.41) is 2.52. The second-order valence-electron chi connectivity index (χ2n) is 6.34. The molecule has 2 nitrogen and oxygen atoms in total. The Morgan fingerprint density at radius 3 is 2.25 bits per heavy atom. The van der Waals surface area contributed by atoms with Gasteiger partial charge in [0.2, 0.25) is 0 Å². The summed E-state index contributed by atoms with van der Waals surface area (Å²) < 4.78 is 4.53. The van der Waals surface area contributed by atoms with Crippen LogP contribution in [0.1, 0.15) is 13.0 Å². The van der Waals surface area contributed by atoms with Gasteiger partial charge < -0.3 is 9.55 Å². The van der Waals surface area contributed by atoms with E-state index in [1.54, 1.807) is 0 Å². The van der Waals surface area contributed by atoms with E-state index < -0.39 is 0 Å². The number of hydrogen-bond acceptors (Lipinski definition) is 0. The van der Waals surface area contributed by atoms with E-state index in [1.165, 1.54) is 27.4 Å². The SMILES string of the molecule is Brc1ccc2[nH]ccc2c1.Brc1ccc2c(ccn2Cc2ccccc2)c1.C. The number of aromatic nitrogens is 2. The molecule has 0 saturated heterocycles. The fourth-order valence-corrected chi connectivity index (χ4v) is 3.87. The molecule has 0 atom stereocenters. The van der Waals surface area contributed by atoms with Crippen molar-refractivity contribution in [3.8, 4) is 0 Å². The third kappa shape index (κ3) is 4.75. The summed E-state index contributed by atoms with van der Waals surface area (Å²) in [6, 6.07) is 27.3. The first-order chi connectivity index (χ1) is 13.2. The number of nitrogens with zero attached hydrogens (tertiary/aromatic N) is 1. The van der Waals surface area contributed by atoms with Crippen molar-refractivity contribution < 1.29 is 0 Å². The smallest absolute Gasteiger partial charge is 0.0484 e. The molecule has 4 heteroatoms. The van der Waals surface area contributed by atoms with Gasteiger partial charge in [-0.3, -0.25) is 0 Å². The molecule has 0 bridgehead atoms. The van der Waals surface area contributed by atoms with Crippen molar-refractivity contribution in [3.63, 3.8) is 0 Å². The first kappa shape index (κ1) is 20.4. The van der Waals surface area contributed by atoms with E-state index >= 15 is 0 Å². The van der Waals surface area contributed by atoms with Crippen LogP contribution in [0.15, 0.2) is 100 Å². The van der Waals surface area contributed by atoms with Crippen LogP contribution in [-0.2, 0) is 6.54 Å². The van der Waals surface area contributed by atoms with Crippen molar-refractivity contribution in [2.24, 2.45) is 0 Å². The van der Waals surface area contributed by atoms with Gasteiger partial charge in [0, 0.05) is 49.7 Å².